The van der Waals surface area contributed by atoms with Crippen molar-refractivity contribution in [2.75, 3.05) is 13.1 Å². The Hall–Kier alpha value is -3.52. The van der Waals surface area contributed by atoms with Gasteiger partial charge in [0.15, 0.2) is 17.2 Å². The number of ether oxygens (including phenoxy) is 4. The van der Waals surface area contributed by atoms with Gasteiger partial charge in [-0.15, -0.1) is 0 Å². The molecule has 2 heterocycles. The Morgan fingerprint density at radius 3 is 1.71 bits per heavy atom. The first-order valence-corrected chi connectivity index (χ1v) is 16.6. The first-order valence-electron chi connectivity index (χ1n) is 16.6. The lowest BCUT2D eigenvalue weighted by atomic mass is 9.65. The molecule has 0 radical (unpaired) electrons. The van der Waals surface area contributed by atoms with Crippen LogP contribution in [0.15, 0.2) is 11.6 Å². The molecule has 48 heavy (non-hydrogen) atoms. The van der Waals surface area contributed by atoms with Crippen molar-refractivity contribution in [2.45, 2.75) is 147 Å². The molecular weight excluding hydrogens is 628 g/mol. The second-order valence-electron chi connectivity index (χ2n) is 15.4. The highest BCUT2D eigenvalue weighted by Gasteiger charge is 2.60. The minimum Gasteiger partial charge on any atom is -0.462 e. The standard InChI is InChI=1S/C34H50N2O12/c1-19(37)45-21-15-23(28(40)34(44,17-21)26-12-10-14-36(26)30(42)48-32(6,7)8)22-16-27(39)33(43,18-24(22)46-20(2)38)25-11-9-13-35(25)29(41)47-31(3,4)5/h15,21-22,24-26,43-44H,9-14,16-18H2,1-8H3/t21-,22+,24+,25+,26+,33+,34+/m0/s1. The molecule has 14 nitrogen and oxygen atoms in total. The van der Waals surface area contributed by atoms with Gasteiger partial charge in [0.2, 0.25) is 0 Å². The van der Waals surface area contributed by atoms with Crippen LogP contribution in [0, 0.1) is 5.92 Å². The van der Waals surface area contributed by atoms with E-state index in [9.17, 15) is 39.0 Å². The monoisotopic (exact) mass is 678 g/mol. The van der Waals surface area contributed by atoms with Crippen LogP contribution >= 0.6 is 0 Å². The number of esters is 2. The molecular formula is C34H50N2O12. The average Bonchev–Trinajstić information content (AvgIpc) is 3.61. The first-order chi connectivity index (χ1) is 22.1. The molecule has 2 N–H and O–H groups in total. The van der Waals surface area contributed by atoms with Crippen LogP contribution < -0.4 is 0 Å². The number of likely N-dealkylation sites (tertiary alicyclic amines) is 2. The number of amides is 2. The van der Waals surface area contributed by atoms with Gasteiger partial charge in [0, 0.05) is 57.7 Å². The first kappa shape index (κ1) is 37.3. The summed E-state index contributed by atoms with van der Waals surface area (Å²) in [4.78, 5) is 81.8. The number of ketones is 2. The quantitative estimate of drug-likeness (QED) is 0.320. The lowest BCUT2D eigenvalue weighted by molar-refractivity contribution is -0.172. The minimum absolute atomic E-state index is 0.108. The fourth-order valence-electron chi connectivity index (χ4n) is 7.50. The zero-order valence-electron chi connectivity index (χ0n) is 29.2. The molecule has 4 rings (SSSR count). The van der Waals surface area contributed by atoms with E-state index in [1.165, 1.54) is 22.8 Å². The van der Waals surface area contributed by atoms with Crippen molar-refractivity contribution in [3.05, 3.63) is 11.6 Å². The van der Waals surface area contributed by atoms with Crippen LogP contribution in [0.5, 0.6) is 0 Å². The predicted octanol–water partition coefficient (Wildman–Crippen LogP) is 2.99. The Kier molecular flexibility index (Phi) is 10.4. The molecule has 3 fully saturated rings. The summed E-state index contributed by atoms with van der Waals surface area (Å²) in [6.07, 6.45) is -2.16. The summed E-state index contributed by atoms with van der Waals surface area (Å²) in [5.74, 6) is -4.04. The number of carbonyl (C=O) groups is 6. The van der Waals surface area contributed by atoms with Crippen molar-refractivity contribution >= 4 is 35.7 Å². The normalized spacial score (nSPS) is 32.9. The SMILES string of the molecule is CC(=O)O[C@H]1C=C([C@H]2CC(=O)[C@](O)([C@H]3CCCN3C(=O)OC(C)(C)C)C[C@H]2OC(C)=O)C(=O)[C@](O)([C@H]2CCCN2C(=O)OC(C)(C)C)C1. The summed E-state index contributed by atoms with van der Waals surface area (Å²) in [5, 5.41) is 24.2. The van der Waals surface area contributed by atoms with Gasteiger partial charge in [-0.2, -0.15) is 0 Å². The molecule has 0 bridgehead atoms. The molecule has 2 saturated heterocycles. The highest BCUT2D eigenvalue weighted by atomic mass is 16.6. The molecule has 4 aliphatic rings. The Morgan fingerprint density at radius 1 is 0.771 bits per heavy atom. The van der Waals surface area contributed by atoms with Crippen LogP contribution in [0.2, 0.25) is 0 Å². The summed E-state index contributed by atoms with van der Waals surface area (Å²) in [5.41, 5.74) is -6.15. The van der Waals surface area contributed by atoms with Gasteiger partial charge in [0.05, 0.1) is 12.1 Å². The van der Waals surface area contributed by atoms with E-state index in [0.717, 1.165) is 6.92 Å². The molecule has 0 aromatic carbocycles. The molecule has 14 heteroatoms. The highest BCUT2D eigenvalue weighted by molar-refractivity contribution is 6.05. The molecule has 1 saturated carbocycles. The molecule has 0 aromatic heterocycles. The lowest BCUT2D eigenvalue weighted by Crippen LogP contribution is -2.64. The maximum Gasteiger partial charge on any atom is 0.410 e. The Labute approximate surface area is 281 Å². The van der Waals surface area contributed by atoms with Gasteiger partial charge in [-0.05, 0) is 73.3 Å². The van der Waals surface area contributed by atoms with Gasteiger partial charge in [-0.3, -0.25) is 19.2 Å². The minimum atomic E-state index is -2.24. The van der Waals surface area contributed by atoms with Crippen LogP contribution in [0.1, 0.15) is 100 Å². The van der Waals surface area contributed by atoms with E-state index in [2.05, 4.69) is 0 Å². The van der Waals surface area contributed by atoms with Crippen LogP contribution in [0.25, 0.3) is 0 Å². The largest absolute Gasteiger partial charge is 0.462 e. The van der Waals surface area contributed by atoms with E-state index in [0.29, 0.717) is 12.8 Å². The van der Waals surface area contributed by atoms with E-state index in [4.69, 9.17) is 18.9 Å². The maximum absolute atomic E-state index is 14.4. The molecule has 2 aliphatic carbocycles. The highest BCUT2D eigenvalue weighted by Crippen LogP contribution is 2.46. The van der Waals surface area contributed by atoms with Crippen molar-refractivity contribution in [1.29, 1.82) is 0 Å². The van der Waals surface area contributed by atoms with Crippen molar-refractivity contribution in [3.63, 3.8) is 0 Å². The lowest BCUT2D eigenvalue weighted by Gasteiger charge is -2.47. The topological polar surface area (TPSA) is 186 Å². The zero-order chi connectivity index (χ0) is 36.0. The molecule has 268 valence electrons. The van der Waals surface area contributed by atoms with Crippen LogP contribution in [0.3, 0.4) is 0 Å². The summed E-state index contributed by atoms with van der Waals surface area (Å²) in [6, 6.07) is -2.01. The van der Waals surface area contributed by atoms with Gasteiger partial charge in [0.25, 0.3) is 0 Å². The van der Waals surface area contributed by atoms with Crippen molar-refractivity contribution in [1.82, 2.24) is 9.80 Å². The number of rotatable bonds is 5. The molecule has 0 aromatic rings. The van der Waals surface area contributed by atoms with Gasteiger partial charge < -0.3 is 39.0 Å². The number of nitrogens with zero attached hydrogens (tertiary/aromatic N) is 2. The van der Waals surface area contributed by atoms with Crippen LogP contribution in [0.4, 0.5) is 9.59 Å². The summed E-state index contributed by atoms with van der Waals surface area (Å²) >= 11 is 0. The Balaban J connectivity index is 1.71. The number of hydrogen-bond donors (Lipinski definition) is 2. The number of carbonyl (C=O) groups excluding carboxylic acids is 6. The predicted molar refractivity (Wildman–Crippen MR) is 168 cm³/mol. The van der Waals surface area contributed by atoms with Gasteiger partial charge >= 0.3 is 24.1 Å². The maximum atomic E-state index is 14.4. The van der Waals surface area contributed by atoms with E-state index in [1.54, 1.807) is 41.5 Å². The fraction of sp³-hybridized carbons (Fsp3) is 0.765. The molecule has 2 aliphatic heterocycles. The third-order valence-electron chi connectivity index (χ3n) is 9.28. The van der Waals surface area contributed by atoms with E-state index in [1.807, 2.05) is 0 Å². The summed E-state index contributed by atoms with van der Waals surface area (Å²) < 4.78 is 22.2. The second-order valence-corrected chi connectivity index (χ2v) is 15.4. The van der Waals surface area contributed by atoms with Crippen molar-refractivity contribution in [3.8, 4) is 0 Å². The van der Waals surface area contributed by atoms with E-state index >= 15 is 0 Å². The molecule has 0 spiro atoms. The van der Waals surface area contributed by atoms with Gasteiger partial charge in [-0.25, -0.2) is 9.59 Å². The smallest absolute Gasteiger partial charge is 0.410 e. The zero-order valence-corrected chi connectivity index (χ0v) is 29.2. The number of hydrogen-bond acceptors (Lipinski definition) is 12. The van der Waals surface area contributed by atoms with Crippen molar-refractivity contribution in [2.24, 2.45) is 5.92 Å². The Morgan fingerprint density at radius 2 is 1.25 bits per heavy atom. The second kappa shape index (κ2) is 13.4. The fourth-order valence-corrected chi connectivity index (χ4v) is 7.50. The third kappa shape index (κ3) is 7.85. The van der Waals surface area contributed by atoms with Crippen molar-refractivity contribution < 1.29 is 57.9 Å². The van der Waals surface area contributed by atoms with E-state index in [-0.39, 0.29) is 37.9 Å². The van der Waals surface area contributed by atoms with E-state index < -0.39 is 101 Å². The number of Topliss-reactive ketones (excluding diaryl/α,β-unsaturated/α-hetero) is 2. The molecule has 7 atom stereocenters. The Bertz CT molecular complexity index is 1360. The van der Waals surface area contributed by atoms with Crippen LogP contribution in [-0.2, 0) is 38.1 Å². The summed E-state index contributed by atoms with van der Waals surface area (Å²) in [6.45, 7) is 13.0. The van der Waals surface area contributed by atoms with Crippen LogP contribution in [-0.4, -0.2) is 115 Å². The average molecular weight is 679 g/mol. The third-order valence-corrected chi connectivity index (χ3v) is 9.28. The molecule has 0 unspecified atom stereocenters. The van der Waals surface area contributed by atoms with Gasteiger partial charge in [-0.1, -0.05) is 0 Å². The number of aliphatic hydroxyl groups is 2. The molecule has 2 amide bonds. The van der Waals surface area contributed by atoms with Gasteiger partial charge in [0.1, 0.15) is 29.0 Å². The summed E-state index contributed by atoms with van der Waals surface area (Å²) in [7, 11) is 0.